The van der Waals surface area contributed by atoms with Crippen molar-refractivity contribution >= 4 is 22.8 Å². The molecule has 0 aliphatic heterocycles. The third kappa shape index (κ3) is 2.69. The molecule has 1 aromatic carbocycles. The molecule has 0 saturated heterocycles. The first-order chi connectivity index (χ1) is 10.3. The molecule has 108 valence electrons. The van der Waals surface area contributed by atoms with E-state index in [2.05, 4.69) is 10.3 Å². The highest BCUT2D eigenvalue weighted by molar-refractivity contribution is 7.14. The molecule has 2 N–H and O–H groups in total. The fraction of sp³-hybridized carbons (Fsp3) is 0.250. The molecule has 1 aliphatic carbocycles. The van der Waals surface area contributed by atoms with Gasteiger partial charge in [-0.1, -0.05) is 40.6 Å². The van der Waals surface area contributed by atoms with Gasteiger partial charge in [0.1, 0.15) is 5.71 Å². The summed E-state index contributed by atoms with van der Waals surface area (Å²) in [5, 5.41) is 25.5. The topological polar surface area (TPSA) is 65.2 Å². The van der Waals surface area contributed by atoms with Gasteiger partial charge in [0.05, 0.1) is 10.6 Å². The second kappa shape index (κ2) is 6.10. The minimum atomic E-state index is 0.561. The molecular weight excluding hydrogens is 284 g/mol. The molecule has 4 nitrogen and oxygen atoms in total. The van der Waals surface area contributed by atoms with Gasteiger partial charge in [-0.3, -0.25) is 0 Å². The van der Waals surface area contributed by atoms with Crippen molar-refractivity contribution in [1.29, 1.82) is 0 Å². The maximum Gasteiger partial charge on any atom is 0.127 e. The molecule has 0 radical (unpaired) electrons. The zero-order valence-corrected chi connectivity index (χ0v) is 12.3. The van der Waals surface area contributed by atoms with Gasteiger partial charge in [0.25, 0.3) is 0 Å². The minimum absolute atomic E-state index is 0.561. The number of nitrogens with zero attached hydrogens (tertiary/aromatic N) is 2. The maximum atomic E-state index is 9.39. The molecule has 5 heteroatoms. The predicted octanol–water partition coefficient (Wildman–Crippen LogP) is 3.88. The van der Waals surface area contributed by atoms with E-state index < -0.39 is 0 Å². The van der Waals surface area contributed by atoms with Crippen LogP contribution in [0.4, 0.5) is 0 Å². The number of oxime groups is 2. The zero-order chi connectivity index (χ0) is 14.7. The molecule has 1 aromatic heterocycles. The van der Waals surface area contributed by atoms with Crippen LogP contribution < -0.4 is 0 Å². The summed E-state index contributed by atoms with van der Waals surface area (Å²) in [7, 11) is 0. The molecule has 0 fully saturated rings. The normalized spacial score (nSPS) is 17.5. The quantitative estimate of drug-likeness (QED) is 0.382. The number of thiophene rings is 1. The van der Waals surface area contributed by atoms with Crippen LogP contribution in [0.1, 0.15) is 40.1 Å². The molecule has 0 unspecified atom stereocenters. The van der Waals surface area contributed by atoms with Gasteiger partial charge in [-0.25, -0.2) is 0 Å². The highest BCUT2D eigenvalue weighted by Crippen LogP contribution is 2.31. The van der Waals surface area contributed by atoms with Crippen LogP contribution in [0.25, 0.3) is 0 Å². The Morgan fingerprint density at radius 2 is 1.81 bits per heavy atom. The van der Waals surface area contributed by atoms with E-state index in [4.69, 9.17) is 0 Å². The van der Waals surface area contributed by atoms with Gasteiger partial charge >= 0.3 is 0 Å². The van der Waals surface area contributed by atoms with Crippen LogP contribution in [0.5, 0.6) is 0 Å². The number of aryl methyl sites for hydroxylation is 1. The molecule has 1 aliphatic rings. The molecular formula is C16H16N2O2S. The summed E-state index contributed by atoms with van der Waals surface area (Å²) in [5.74, 6) is 0. The standard InChI is InChI=1S/C16H16N2O2S/c19-17-13-8-4-5-9-14-12(13)10-15(21-14)16(18-20)11-6-2-1-3-7-11/h1-3,6-7,10,19-20H,4-5,8-9H2/b17-13+,18-16+. The minimum Gasteiger partial charge on any atom is -0.411 e. The molecule has 0 spiro atoms. The SMILES string of the molecule is O/N=C(\c1ccccc1)c1cc2c(s1)CCCC/C2=N\O. The van der Waals surface area contributed by atoms with Gasteiger partial charge < -0.3 is 10.4 Å². The van der Waals surface area contributed by atoms with E-state index in [1.165, 1.54) is 4.88 Å². The van der Waals surface area contributed by atoms with Crippen LogP contribution in [0, 0.1) is 0 Å². The van der Waals surface area contributed by atoms with Gasteiger partial charge in [0.15, 0.2) is 0 Å². The van der Waals surface area contributed by atoms with Crippen molar-refractivity contribution in [1.82, 2.24) is 0 Å². The summed E-state index contributed by atoms with van der Waals surface area (Å²) in [6.07, 6.45) is 3.89. The van der Waals surface area contributed by atoms with Gasteiger partial charge in [-0.2, -0.15) is 0 Å². The van der Waals surface area contributed by atoms with Gasteiger partial charge in [0, 0.05) is 16.0 Å². The summed E-state index contributed by atoms with van der Waals surface area (Å²) in [5.41, 5.74) is 3.16. The Hall–Kier alpha value is -2.14. The average molecular weight is 300 g/mol. The Labute approximate surface area is 127 Å². The Morgan fingerprint density at radius 1 is 1.05 bits per heavy atom. The van der Waals surface area contributed by atoms with E-state index >= 15 is 0 Å². The monoisotopic (exact) mass is 300 g/mol. The summed E-state index contributed by atoms with van der Waals surface area (Å²) in [6, 6.07) is 11.6. The lowest BCUT2D eigenvalue weighted by atomic mass is 10.1. The molecule has 0 atom stereocenters. The van der Waals surface area contributed by atoms with Crippen LogP contribution >= 0.6 is 11.3 Å². The van der Waals surface area contributed by atoms with Crippen molar-refractivity contribution in [3.8, 4) is 0 Å². The lowest BCUT2D eigenvalue weighted by Crippen LogP contribution is -2.02. The van der Waals surface area contributed by atoms with E-state index in [-0.39, 0.29) is 0 Å². The third-order valence-corrected chi connectivity index (χ3v) is 4.89. The van der Waals surface area contributed by atoms with Crippen molar-refractivity contribution in [2.75, 3.05) is 0 Å². The van der Waals surface area contributed by atoms with Crippen LogP contribution in [-0.2, 0) is 6.42 Å². The van der Waals surface area contributed by atoms with Gasteiger partial charge in [-0.05, 0) is 31.7 Å². The molecule has 3 rings (SSSR count). The summed E-state index contributed by atoms with van der Waals surface area (Å²) in [4.78, 5) is 2.10. The smallest absolute Gasteiger partial charge is 0.127 e. The van der Waals surface area contributed by atoms with E-state index in [0.717, 1.165) is 47.4 Å². The Morgan fingerprint density at radius 3 is 2.52 bits per heavy atom. The van der Waals surface area contributed by atoms with Crippen molar-refractivity contribution in [3.05, 3.63) is 57.3 Å². The summed E-state index contributed by atoms with van der Waals surface area (Å²) in [6.45, 7) is 0. The molecule has 0 amide bonds. The van der Waals surface area contributed by atoms with Crippen LogP contribution in [0.2, 0.25) is 0 Å². The number of rotatable bonds is 2. The Bertz CT molecular complexity index is 690. The first-order valence-corrected chi connectivity index (χ1v) is 7.77. The Balaban J connectivity index is 2.05. The molecule has 0 saturated carbocycles. The zero-order valence-electron chi connectivity index (χ0n) is 11.5. The second-order valence-electron chi connectivity index (χ2n) is 5.02. The molecule has 21 heavy (non-hydrogen) atoms. The first-order valence-electron chi connectivity index (χ1n) is 6.95. The molecule has 1 heterocycles. The Kier molecular flexibility index (Phi) is 4.01. The largest absolute Gasteiger partial charge is 0.411 e. The van der Waals surface area contributed by atoms with E-state index in [1.54, 1.807) is 11.3 Å². The van der Waals surface area contributed by atoms with Crippen LogP contribution in [-0.4, -0.2) is 21.8 Å². The van der Waals surface area contributed by atoms with Crippen molar-refractivity contribution in [3.63, 3.8) is 0 Å². The van der Waals surface area contributed by atoms with Gasteiger partial charge in [0.2, 0.25) is 0 Å². The van der Waals surface area contributed by atoms with Crippen LogP contribution in [0.3, 0.4) is 0 Å². The lowest BCUT2D eigenvalue weighted by molar-refractivity contribution is 0.318. The fourth-order valence-corrected chi connectivity index (χ4v) is 3.87. The second-order valence-corrected chi connectivity index (χ2v) is 6.15. The third-order valence-electron chi connectivity index (χ3n) is 3.69. The highest BCUT2D eigenvalue weighted by atomic mass is 32.1. The summed E-state index contributed by atoms with van der Waals surface area (Å²) >= 11 is 1.61. The highest BCUT2D eigenvalue weighted by Gasteiger charge is 2.20. The number of hydrogen-bond acceptors (Lipinski definition) is 5. The van der Waals surface area contributed by atoms with Crippen molar-refractivity contribution in [2.24, 2.45) is 10.3 Å². The van der Waals surface area contributed by atoms with Crippen molar-refractivity contribution in [2.45, 2.75) is 25.7 Å². The predicted molar refractivity (Wildman–Crippen MR) is 84.1 cm³/mol. The number of fused-ring (bicyclic) bond motifs is 1. The average Bonchev–Trinajstić information content (AvgIpc) is 2.84. The fourth-order valence-electron chi connectivity index (χ4n) is 2.64. The lowest BCUT2D eigenvalue weighted by Gasteiger charge is -2.01. The van der Waals surface area contributed by atoms with Crippen LogP contribution in [0.15, 0.2) is 46.7 Å². The summed E-state index contributed by atoms with van der Waals surface area (Å²) < 4.78 is 0. The van der Waals surface area contributed by atoms with E-state index in [1.807, 2.05) is 36.4 Å². The maximum absolute atomic E-state index is 9.39. The number of benzene rings is 1. The van der Waals surface area contributed by atoms with Crippen molar-refractivity contribution < 1.29 is 10.4 Å². The first kappa shape index (κ1) is 13.8. The molecule has 2 aromatic rings. The van der Waals surface area contributed by atoms with E-state index in [9.17, 15) is 10.4 Å². The van der Waals surface area contributed by atoms with E-state index in [0.29, 0.717) is 5.71 Å². The number of hydrogen-bond donors (Lipinski definition) is 2. The van der Waals surface area contributed by atoms with Gasteiger partial charge in [-0.15, -0.1) is 11.3 Å². The molecule has 0 bridgehead atoms.